The fourth-order valence-electron chi connectivity index (χ4n) is 4.74. The number of carbonyl (C=O) groups is 1. The highest BCUT2D eigenvalue weighted by Crippen LogP contribution is 2.62. The van der Waals surface area contributed by atoms with Crippen LogP contribution in [0.1, 0.15) is 37.3 Å². The first-order valence-electron chi connectivity index (χ1n) is 8.24. The quantitative estimate of drug-likeness (QED) is 0.910. The highest BCUT2D eigenvalue weighted by Gasteiger charge is 2.62. The number of rotatable bonds is 2. The van der Waals surface area contributed by atoms with Crippen LogP contribution in [0.3, 0.4) is 0 Å². The minimum atomic E-state index is 0. The maximum atomic E-state index is 12.9. The molecule has 4 atom stereocenters. The fourth-order valence-corrected chi connectivity index (χ4v) is 4.74. The summed E-state index contributed by atoms with van der Waals surface area (Å²) in [6, 6.07) is 9.07. The molecular weight excluding hydrogens is 296 g/mol. The number of halogens is 1. The lowest BCUT2D eigenvalue weighted by molar-refractivity contribution is -0.133. The van der Waals surface area contributed by atoms with Crippen molar-refractivity contribution in [1.82, 2.24) is 4.90 Å². The van der Waals surface area contributed by atoms with Crippen molar-refractivity contribution in [1.29, 1.82) is 0 Å². The van der Waals surface area contributed by atoms with Crippen LogP contribution >= 0.6 is 12.4 Å². The Hall–Kier alpha value is -1.06. The highest BCUT2D eigenvalue weighted by atomic mass is 35.5. The van der Waals surface area contributed by atoms with E-state index in [-0.39, 0.29) is 23.7 Å². The van der Waals surface area contributed by atoms with E-state index in [4.69, 9.17) is 5.73 Å². The van der Waals surface area contributed by atoms with Gasteiger partial charge in [-0.25, -0.2) is 0 Å². The summed E-state index contributed by atoms with van der Waals surface area (Å²) in [7, 11) is 0. The molecule has 1 saturated heterocycles. The zero-order valence-electron chi connectivity index (χ0n) is 13.1. The van der Waals surface area contributed by atoms with Crippen LogP contribution in [-0.4, -0.2) is 29.9 Å². The van der Waals surface area contributed by atoms with Crippen molar-refractivity contribution in [2.75, 3.05) is 13.1 Å². The van der Waals surface area contributed by atoms with E-state index in [9.17, 15) is 4.79 Å². The van der Waals surface area contributed by atoms with Crippen molar-refractivity contribution in [2.24, 2.45) is 17.6 Å². The Morgan fingerprint density at radius 3 is 2.91 bits per heavy atom. The normalized spacial score (nSPS) is 35.4. The summed E-state index contributed by atoms with van der Waals surface area (Å²) in [5.41, 5.74) is 8.88. The van der Waals surface area contributed by atoms with Gasteiger partial charge in [0.15, 0.2) is 0 Å². The third-order valence-electron chi connectivity index (χ3n) is 6.05. The molecule has 1 aliphatic heterocycles. The molecule has 2 fully saturated rings. The molecule has 1 saturated carbocycles. The van der Waals surface area contributed by atoms with Gasteiger partial charge in [0.2, 0.25) is 5.91 Å². The van der Waals surface area contributed by atoms with Gasteiger partial charge < -0.3 is 10.6 Å². The number of amides is 1. The molecule has 0 bridgehead atoms. The Labute approximate surface area is 138 Å². The van der Waals surface area contributed by atoms with Crippen molar-refractivity contribution in [3.8, 4) is 0 Å². The fraction of sp³-hybridized carbons (Fsp3) is 0.611. The number of nitrogens with two attached hydrogens (primary N) is 1. The van der Waals surface area contributed by atoms with Gasteiger partial charge in [-0.15, -0.1) is 12.4 Å². The maximum absolute atomic E-state index is 12.9. The average Bonchev–Trinajstić information content (AvgIpc) is 2.94. The van der Waals surface area contributed by atoms with Crippen molar-refractivity contribution in [3.63, 3.8) is 0 Å². The maximum Gasteiger partial charge on any atom is 0.226 e. The number of aryl methyl sites for hydroxylation is 1. The zero-order valence-corrected chi connectivity index (χ0v) is 13.9. The molecule has 1 aromatic rings. The predicted molar refractivity (Wildman–Crippen MR) is 90.1 cm³/mol. The summed E-state index contributed by atoms with van der Waals surface area (Å²) in [6.07, 6.45) is 4.42. The molecular formula is C18H25ClN2O. The zero-order chi connectivity index (χ0) is 14.6. The Bertz CT molecular complexity index is 590. The van der Waals surface area contributed by atoms with Crippen molar-refractivity contribution in [3.05, 3.63) is 35.4 Å². The number of carbonyl (C=O) groups excluding carboxylic acids is 1. The second-order valence-corrected chi connectivity index (χ2v) is 7.25. The molecule has 3 nitrogen and oxygen atoms in total. The molecule has 3 aliphatic rings. The van der Waals surface area contributed by atoms with Crippen LogP contribution in [0.15, 0.2) is 24.3 Å². The molecule has 2 aliphatic carbocycles. The Kier molecular flexibility index (Phi) is 3.98. The molecule has 1 spiro atoms. The lowest BCUT2D eigenvalue weighted by Gasteiger charge is -2.23. The van der Waals surface area contributed by atoms with E-state index in [0.29, 0.717) is 24.4 Å². The molecule has 4 heteroatoms. The first-order valence-corrected chi connectivity index (χ1v) is 8.24. The summed E-state index contributed by atoms with van der Waals surface area (Å²) in [5, 5.41) is 0. The summed E-state index contributed by atoms with van der Waals surface area (Å²) < 4.78 is 0. The number of hydrogen-bond acceptors (Lipinski definition) is 2. The molecule has 1 aromatic carbocycles. The third-order valence-corrected chi connectivity index (χ3v) is 6.05. The molecule has 2 N–H and O–H groups in total. The predicted octanol–water partition coefficient (Wildman–Crippen LogP) is 2.51. The van der Waals surface area contributed by atoms with E-state index in [1.54, 1.807) is 0 Å². The van der Waals surface area contributed by atoms with Crippen LogP contribution in [0.5, 0.6) is 0 Å². The molecule has 1 amide bonds. The van der Waals surface area contributed by atoms with Gasteiger partial charge in [-0.3, -0.25) is 4.79 Å². The molecule has 4 unspecified atom stereocenters. The summed E-state index contributed by atoms with van der Waals surface area (Å²) in [5.74, 6) is 1.10. The van der Waals surface area contributed by atoms with Gasteiger partial charge in [-0.05, 0) is 56.2 Å². The summed E-state index contributed by atoms with van der Waals surface area (Å²) >= 11 is 0. The minimum absolute atomic E-state index is 0. The van der Waals surface area contributed by atoms with E-state index >= 15 is 0 Å². The topological polar surface area (TPSA) is 46.3 Å². The Balaban J connectivity index is 0.00000144. The van der Waals surface area contributed by atoms with Crippen LogP contribution in [-0.2, 0) is 16.6 Å². The molecule has 0 aromatic heterocycles. The largest absolute Gasteiger partial charge is 0.339 e. The van der Waals surface area contributed by atoms with Crippen LogP contribution in [0.4, 0.5) is 0 Å². The van der Waals surface area contributed by atoms with Gasteiger partial charge in [0.05, 0.1) is 0 Å². The second-order valence-electron chi connectivity index (χ2n) is 7.25. The van der Waals surface area contributed by atoms with Crippen LogP contribution < -0.4 is 5.73 Å². The number of nitrogens with zero attached hydrogens (tertiary/aromatic N) is 1. The highest BCUT2D eigenvalue weighted by molar-refractivity contribution is 5.86. The summed E-state index contributed by atoms with van der Waals surface area (Å²) in [4.78, 5) is 15.0. The Morgan fingerprint density at radius 1 is 1.41 bits per heavy atom. The van der Waals surface area contributed by atoms with Gasteiger partial charge in [0.25, 0.3) is 0 Å². The number of benzene rings is 1. The van der Waals surface area contributed by atoms with Gasteiger partial charge in [0.1, 0.15) is 0 Å². The molecule has 1 heterocycles. The first kappa shape index (κ1) is 15.8. The van der Waals surface area contributed by atoms with Gasteiger partial charge in [-0.1, -0.05) is 24.3 Å². The molecule has 0 radical (unpaired) electrons. The van der Waals surface area contributed by atoms with Crippen molar-refractivity contribution >= 4 is 18.3 Å². The Morgan fingerprint density at radius 2 is 2.18 bits per heavy atom. The average molecular weight is 321 g/mol. The standard InChI is InChI=1S/C18H24N2O.ClH/c1-12-8-13(10-19)11-20(12)17(21)16-9-18(16)7-6-14-4-2-3-5-15(14)18;/h2-5,12-13,16H,6-11,19H2,1H3;1H. The second kappa shape index (κ2) is 5.54. The first-order chi connectivity index (χ1) is 10.2. The van der Waals surface area contributed by atoms with Crippen LogP contribution in [0, 0.1) is 11.8 Å². The van der Waals surface area contributed by atoms with E-state index < -0.39 is 0 Å². The van der Waals surface area contributed by atoms with Crippen LogP contribution in [0.25, 0.3) is 0 Å². The van der Waals surface area contributed by atoms with E-state index in [1.165, 1.54) is 11.1 Å². The smallest absolute Gasteiger partial charge is 0.226 e. The van der Waals surface area contributed by atoms with E-state index in [0.717, 1.165) is 32.2 Å². The van der Waals surface area contributed by atoms with Gasteiger partial charge >= 0.3 is 0 Å². The van der Waals surface area contributed by atoms with E-state index in [2.05, 4.69) is 36.1 Å². The van der Waals surface area contributed by atoms with Crippen LogP contribution in [0.2, 0.25) is 0 Å². The van der Waals surface area contributed by atoms with Gasteiger partial charge in [-0.2, -0.15) is 0 Å². The lowest BCUT2D eigenvalue weighted by Crippen LogP contribution is -2.37. The third kappa shape index (κ3) is 2.17. The number of likely N-dealkylation sites (tertiary alicyclic amines) is 1. The van der Waals surface area contributed by atoms with Crippen molar-refractivity contribution in [2.45, 2.75) is 44.1 Å². The monoisotopic (exact) mass is 320 g/mol. The lowest BCUT2D eigenvalue weighted by atomic mass is 9.95. The number of fused-ring (bicyclic) bond motifs is 2. The molecule has 4 rings (SSSR count). The van der Waals surface area contributed by atoms with Gasteiger partial charge in [0, 0.05) is 23.9 Å². The molecule has 22 heavy (non-hydrogen) atoms. The minimum Gasteiger partial charge on any atom is -0.339 e. The SMILES string of the molecule is CC1CC(CN)CN1C(=O)C1CC12CCc1ccccc12.Cl. The van der Waals surface area contributed by atoms with E-state index in [1.807, 2.05) is 0 Å². The van der Waals surface area contributed by atoms with Crippen molar-refractivity contribution < 1.29 is 4.79 Å². The molecule has 120 valence electrons. The summed E-state index contributed by atoms with van der Waals surface area (Å²) in [6.45, 7) is 3.74. The number of hydrogen-bond donors (Lipinski definition) is 1.